The Balaban J connectivity index is 2.35. The Morgan fingerprint density at radius 2 is 1.52 bits per heavy atom. The summed E-state index contributed by atoms with van der Waals surface area (Å²) >= 11 is 0. The molecular formula is C18H31NO2. The highest BCUT2D eigenvalue weighted by molar-refractivity contribution is 5.32. The first kappa shape index (κ1) is 17.8. The van der Waals surface area contributed by atoms with Crippen LogP contribution in [0.25, 0.3) is 0 Å². The SMILES string of the molecule is CCCOc1cccc(OCCNC(C(C)C)C(C)C)c1. The van der Waals surface area contributed by atoms with E-state index in [0.29, 0.717) is 24.5 Å². The topological polar surface area (TPSA) is 30.5 Å². The average Bonchev–Trinajstić information content (AvgIpc) is 2.44. The molecule has 0 unspecified atom stereocenters. The molecule has 1 N–H and O–H groups in total. The van der Waals surface area contributed by atoms with E-state index in [4.69, 9.17) is 9.47 Å². The van der Waals surface area contributed by atoms with E-state index in [-0.39, 0.29) is 0 Å². The highest BCUT2D eigenvalue weighted by Gasteiger charge is 2.16. The molecule has 0 saturated heterocycles. The third kappa shape index (κ3) is 6.85. The summed E-state index contributed by atoms with van der Waals surface area (Å²) in [6.07, 6.45) is 1.01. The molecule has 1 aromatic rings. The van der Waals surface area contributed by atoms with E-state index in [2.05, 4.69) is 39.9 Å². The van der Waals surface area contributed by atoms with Gasteiger partial charge in [-0.15, -0.1) is 0 Å². The van der Waals surface area contributed by atoms with E-state index < -0.39 is 0 Å². The van der Waals surface area contributed by atoms with Gasteiger partial charge < -0.3 is 14.8 Å². The maximum Gasteiger partial charge on any atom is 0.123 e. The summed E-state index contributed by atoms with van der Waals surface area (Å²) in [6, 6.07) is 8.40. The Morgan fingerprint density at radius 1 is 0.952 bits per heavy atom. The molecule has 1 rings (SSSR count). The zero-order valence-corrected chi connectivity index (χ0v) is 14.2. The smallest absolute Gasteiger partial charge is 0.123 e. The lowest BCUT2D eigenvalue weighted by atomic mass is 9.93. The van der Waals surface area contributed by atoms with Crippen molar-refractivity contribution < 1.29 is 9.47 Å². The van der Waals surface area contributed by atoms with Crippen molar-refractivity contribution in [2.75, 3.05) is 19.8 Å². The fourth-order valence-electron chi connectivity index (χ4n) is 2.51. The Hall–Kier alpha value is -1.22. The van der Waals surface area contributed by atoms with Gasteiger partial charge in [0.25, 0.3) is 0 Å². The molecule has 0 aliphatic heterocycles. The standard InChI is InChI=1S/C18H31NO2/c1-6-11-20-16-8-7-9-17(13-16)21-12-10-19-18(14(2)3)15(4)5/h7-9,13-15,18-19H,6,10-12H2,1-5H3. The van der Waals surface area contributed by atoms with Crippen LogP contribution in [0, 0.1) is 11.8 Å². The molecule has 0 aliphatic rings. The predicted octanol–water partition coefficient (Wildman–Crippen LogP) is 4.12. The van der Waals surface area contributed by atoms with Crippen molar-refractivity contribution in [3.8, 4) is 11.5 Å². The molecule has 3 heteroatoms. The van der Waals surface area contributed by atoms with Gasteiger partial charge >= 0.3 is 0 Å². The van der Waals surface area contributed by atoms with Crippen LogP contribution in [0.4, 0.5) is 0 Å². The monoisotopic (exact) mass is 293 g/mol. The first-order valence-corrected chi connectivity index (χ1v) is 8.13. The van der Waals surface area contributed by atoms with Gasteiger partial charge in [-0.3, -0.25) is 0 Å². The summed E-state index contributed by atoms with van der Waals surface area (Å²) < 4.78 is 11.4. The second kappa shape index (κ2) is 9.67. The Kier molecular flexibility index (Phi) is 8.21. The molecule has 0 fully saturated rings. The van der Waals surface area contributed by atoms with E-state index in [1.165, 1.54) is 0 Å². The summed E-state index contributed by atoms with van der Waals surface area (Å²) in [5.74, 6) is 3.02. The summed E-state index contributed by atoms with van der Waals surface area (Å²) in [7, 11) is 0. The van der Waals surface area contributed by atoms with Crippen molar-refractivity contribution in [1.29, 1.82) is 0 Å². The maximum atomic E-state index is 5.79. The van der Waals surface area contributed by atoms with Gasteiger partial charge in [0.2, 0.25) is 0 Å². The Morgan fingerprint density at radius 3 is 2.05 bits per heavy atom. The molecule has 0 aromatic heterocycles. The first-order chi connectivity index (χ1) is 10.0. The Labute approximate surface area is 130 Å². The molecule has 0 atom stereocenters. The normalized spacial score (nSPS) is 11.4. The van der Waals surface area contributed by atoms with E-state index in [1.807, 2.05) is 24.3 Å². The fraction of sp³-hybridized carbons (Fsp3) is 0.667. The van der Waals surface area contributed by atoms with E-state index in [1.54, 1.807) is 0 Å². The first-order valence-electron chi connectivity index (χ1n) is 8.13. The highest BCUT2D eigenvalue weighted by atomic mass is 16.5. The zero-order chi connectivity index (χ0) is 15.7. The maximum absolute atomic E-state index is 5.79. The van der Waals surface area contributed by atoms with Crippen LogP contribution >= 0.6 is 0 Å². The number of benzene rings is 1. The molecule has 0 bridgehead atoms. The molecule has 0 heterocycles. The molecule has 1 aromatic carbocycles. The highest BCUT2D eigenvalue weighted by Crippen LogP contribution is 2.19. The van der Waals surface area contributed by atoms with Crippen molar-refractivity contribution in [3.05, 3.63) is 24.3 Å². The van der Waals surface area contributed by atoms with Crippen molar-refractivity contribution >= 4 is 0 Å². The van der Waals surface area contributed by atoms with Gasteiger partial charge in [0, 0.05) is 18.7 Å². The van der Waals surface area contributed by atoms with Crippen LogP contribution in [0.2, 0.25) is 0 Å². The lowest BCUT2D eigenvalue weighted by molar-refractivity contribution is 0.264. The lowest BCUT2D eigenvalue weighted by Gasteiger charge is -2.26. The van der Waals surface area contributed by atoms with Gasteiger partial charge in [0.15, 0.2) is 0 Å². The summed E-state index contributed by atoms with van der Waals surface area (Å²) in [5.41, 5.74) is 0. The minimum atomic E-state index is 0.535. The second-order valence-electron chi connectivity index (χ2n) is 6.14. The van der Waals surface area contributed by atoms with Crippen LogP contribution in [0.15, 0.2) is 24.3 Å². The minimum absolute atomic E-state index is 0.535. The van der Waals surface area contributed by atoms with Gasteiger partial charge in [-0.1, -0.05) is 40.7 Å². The second-order valence-corrected chi connectivity index (χ2v) is 6.14. The molecule has 0 amide bonds. The summed E-state index contributed by atoms with van der Waals surface area (Å²) in [4.78, 5) is 0. The lowest BCUT2D eigenvalue weighted by Crippen LogP contribution is -2.40. The van der Waals surface area contributed by atoms with Gasteiger partial charge in [-0.25, -0.2) is 0 Å². The number of hydrogen-bond acceptors (Lipinski definition) is 3. The predicted molar refractivity (Wildman–Crippen MR) is 89.2 cm³/mol. The van der Waals surface area contributed by atoms with Crippen LogP contribution in [0.3, 0.4) is 0 Å². The van der Waals surface area contributed by atoms with Crippen LogP contribution in [-0.2, 0) is 0 Å². The van der Waals surface area contributed by atoms with Crippen LogP contribution in [0.5, 0.6) is 11.5 Å². The molecule has 0 spiro atoms. The third-order valence-electron chi connectivity index (χ3n) is 3.47. The molecule has 0 radical (unpaired) electrons. The van der Waals surface area contributed by atoms with Gasteiger partial charge in [-0.2, -0.15) is 0 Å². The van der Waals surface area contributed by atoms with Crippen molar-refractivity contribution in [1.82, 2.24) is 5.32 Å². The quantitative estimate of drug-likeness (QED) is 0.658. The van der Waals surface area contributed by atoms with Gasteiger partial charge in [0.05, 0.1) is 6.61 Å². The minimum Gasteiger partial charge on any atom is -0.493 e. The number of rotatable bonds is 10. The van der Waals surface area contributed by atoms with Crippen molar-refractivity contribution in [3.63, 3.8) is 0 Å². The van der Waals surface area contributed by atoms with E-state index >= 15 is 0 Å². The van der Waals surface area contributed by atoms with Crippen LogP contribution in [-0.4, -0.2) is 25.8 Å². The Bertz CT molecular complexity index is 383. The summed E-state index contributed by atoms with van der Waals surface area (Å²) in [6.45, 7) is 13.4. The van der Waals surface area contributed by atoms with Crippen molar-refractivity contribution in [2.45, 2.75) is 47.1 Å². The number of hydrogen-bond donors (Lipinski definition) is 1. The molecule has 21 heavy (non-hydrogen) atoms. The van der Waals surface area contributed by atoms with Crippen molar-refractivity contribution in [2.24, 2.45) is 11.8 Å². The largest absolute Gasteiger partial charge is 0.493 e. The zero-order valence-electron chi connectivity index (χ0n) is 14.2. The van der Waals surface area contributed by atoms with Gasteiger partial charge in [0.1, 0.15) is 18.1 Å². The van der Waals surface area contributed by atoms with Crippen LogP contribution < -0.4 is 14.8 Å². The summed E-state index contributed by atoms with van der Waals surface area (Å²) in [5, 5.41) is 3.58. The molecule has 120 valence electrons. The number of nitrogens with one attached hydrogen (secondary N) is 1. The number of ether oxygens (including phenoxy) is 2. The average molecular weight is 293 g/mol. The molecule has 0 saturated carbocycles. The third-order valence-corrected chi connectivity index (χ3v) is 3.47. The van der Waals surface area contributed by atoms with E-state index in [0.717, 1.165) is 31.1 Å². The fourth-order valence-corrected chi connectivity index (χ4v) is 2.51. The van der Waals surface area contributed by atoms with E-state index in [9.17, 15) is 0 Å². The molecule has 0 aliphatic carbocycles. The van der Waals surface area contributed by atoms with Crippen LogP contribution in [0.1, 0.15) is 41.0 Å². The molecule has 3 nitrogen and oxygen atoms in total. The van der Waals surface area contributed by atoms with Gasteiger partial charge in [-0.05, 0) is 30.4 Å². The molecular weight excluding hydrogens is 262 g/mol.